The topological polar surface area (TPSA) is 38.7 Å². The van der Waals surface area contributed by atoms with Gasteiger partial charge in [0.1, 0.15) is 0 Å². The van der Waals surface area contributed by atoms with Crippen LogP contribution in [0, 0.1) is 5.92 Å². The van der Waals surface area contributed by atoms with Gasteiger partial charge in [0.25, 0.3) is 0 Å². The minimum Gasteiger partial charge on any atom is -0.395 e. The van der Waals surface area contributed by atoms with Crippen molar-refractivity contribution in [2.75, 3.05) is 59.0 Å². The van der Waals surface area contributed by atoms with Crippen molar-refractivity contribution in [1.29, 1.82) is 0 Å². The number of piperidine rings is 1. The monoisotopic (exact) mass is 287 g/mol. The van der Waals surface area contributed by atoms with Gasteiger partial charge in [0.2, 0.25) is 0 Å². The Morgan fingerprint density at radius 1 is 0.900 bits per heavy atom. The lowest BCUT2D eigenvalue weighted by Crippen LogP contribution is -2.49. The Morgan fingerprint density at radius 2 is 1.40 bits per heavy atom. The predicted octanol–water partition coefficient (Wildman–Crippen LogP) is 1.65. The normalized spacial score (nSPS) is 21.4. The van der Waals surface area contributed by atoms with Gasteiger partial charge in [0.15, 0.2) is 0 Å². The summed E-state index contributed by atoms with van der Waals surface area (Å²) in [7, 11) is 0. The maximum absolute atomic E-state index is 8.88. The summed E-state index contributed by atoms with van der Waals surface area (Å²) in [5.41, 5.74) is 0. The van der Waals surface area contributed by atoms with Crippen LogP contribution in [-0.4, -0.2) is 73.9 Å². The van der Waals surface area contributed by atoms with E-state index in [0.717, 1.165) is 25.6 Å². The molecule has 0 aliphatic carbocycles. The van der Waals surface area contributed by atoms with Gasteiger partial charge < -0.3 is 15.3 Å². The number of rotatable bonds is 4. The lowest BCUT2D eigenvalue weighted by atomic mass is 9.97. The van der Waals surface area contributed by atoms with Crippen LogP contribution >= 0.6 is 0 Å². The second kappa shape index (κ2) is 13.8. The fraction of sp³-hybridized carbons (Fsp3) is 1.00. The molecule has 0 unspecified atom stereocenters. The third kappa shape index (κ3) is 8.20. The van der Waals surface area contributed by atoms with Crippen molar-refractivity contribution < 1.29 is 5.11 Å². The number of nitrogens with zero attached hydrogens (tertiary/aromatic N) is 2. The summed E-state index contributed by atoms with van der Waals surface area (Å²) in [5, 5.41) is 12.3. The molecule has 0 spiro atoms. The first-order valence-corrected chi connectivity index (χ1v) is 8.65. The minimum atomic E-state index is 0.300. The van der Waals surface area contributed by atoms with Crippen molar-refractivity contribution in [2.45, 2.75) is 40.5 Å². The molecule has 2 fully saturated rings. The lowest BCUT2D eigenvalue weighted by Gasteiger charge is -2.37. The summed E-state index contributed by atoms with van der Waals surface area (Å²) in [6.07, 6.45) is 2.69. The Balaban J connectivity index is 0.000000829. The van der Waals surface area contributed by atoms with E-state index >= 15 is 0 Å². The van der Waals surface area contributed by atoms with Crippen molar-refractivity contribution in [1.82, 2.24) is 15.1 Å². The van der Waals surface area contributed by atoms with Crippen LogP contribution in [-0.2, 0) is 0 Å². The number of aliphatic hydroxyl groups excluding tert-OH is 1. The molecule has 0 bridgehead atoms. The molecule has 2 aliphatic rings. The van der Waals surface area contributed by atoms with Crippen LogP contribution in [0.1, 0.15) is 40.5 Å². The number of β-amino-alcohol motifs (C(OH)–C–C–N with tert-alkyl or cyclic N) is 1. The van der Waals surface area contributed by atoms with Gasteiger partial charge in [-0.3, -0.25) is 4.90 Å². The van der Waals surface area contributed by atoms with Gasteiger partial charge >= 0.3 is 0 Å². The third-order valence-corrected chi connectivity index (χ3v) is 3.86. The van der Waals surface area contributed by atoms with Gasteiger partial charge in [-0.25, -0.2) is 0 Å². The van der Waals surface area contributed by atoms with Crippen molar-refractivity contribution in [3.8, 4) is 0 Å². The zero-order chi connectivity index (χ0) is 15.2. The first-order chi connectivity index (χ1) is 9.88. The van der Waals surface area contributed by atoms with Crippen molar-refractivity contribution in [2.24, 2.45) is 5.92 Å². The summed E-state index contributed by atoms with van der Waals surface area (Å²) >= 11 is 0. The van der Waals surface area contributed by atoms with E-state index in [0.29, 0.717) is 6.61 Å². The van der Waals surface area contributed by atoms with E-state index in [9.17, 15) is 0 Å². The smallest absolute Gasteiger partial charge is 0.0558 e. The molecule has 0 aromatic heterocycles. The molecule has 20 heavy (non-hydrogen) atoms. The molecule has 4 heteroatoms. The van der Waals surface area contributed by atoms with Crippen LogP contribution in [0.2, 0.25) is 0 Å². The van der Waals surface area contributed by atoms with Crippen molar-refractivity contribution in [3.05, 3.63) is 0 Å². The molecule has 0 aromatic carbocycles. The van der Waals surface area contributed by atoms with E-state index in [1.54, 1.807) is 0 Å². The summed E-state index contributed by atoms with van der Waals surface area (Å²) in [6, 6.07) is 0. The fourth-order valence-corrected chi connectivity index (χ4v) is 2.77. The molecule has 2 rings (SSSR count). The highest BCUT2D eigenvalue weighted by molar-refractivity contribution is 4.77. The number of nitrogens with one attached hydrogen (secondary N) is 1. The quantitative estimate of drug-likeness (QED) is 0.825. The van der Waals surface area contributed by atoms with E-state index in [-0.39, 0.29) is 0 Å². The Hall–Kier alpha value is -0.160. The van der Waals surface area contributed by atoms with Gasteiger partial charge in [-0.15, -0.1) is 0 Å². The van der Waals surface area contributed by atoms with Crippen LogP contribution in [0.5, 0.6) is 0 Å². The van der Waals surface area contributed by atoms with Crippen molar-refractivity contribution >= 4 is 0 Å². The van der Waals surface area contributed by atoms with Gasteiger partial charge in [0.05, 0.1) is 6.61 Å². The Morgan fingerprint density at radius 3 is 1.90 bits per heavy atom. The van der Waals surface area contributed by atoms with Gasteiger partial charge in [0, 0.05) is 39.3 Å². The lowest BCUT2D eigenvalue weighted by molar-refractivity contribution is 0.0968. The molecular formula is C16H37N3O. The van der Waals surface area contributed by atoms with Gasteiger partial charge in [-0.1, -0.05) is 27.7 Å². The van der Waals surface area contributed by atoms with Crippen LogP contribution < -0.4 is 5.32 Å². The Labute approximate surface area is 126 Å². The SMILES string of the molecule is CC.CC.OCCN1CCN(CC2CCNCC2)CC1. The molecule has 0 saturated carbocycles. The predicted molar refractivity (Wildman–Crippen MR) is 88.3 cm³/mol. The second-order valence-electron chi connectivity index (χ2n) is 5.06. The summed E-state index contributed by atoms with van der Waals surface area (Å²) in [4.78, 5) is 4.96. The molecule has 0 radical (unpaired) electrons. The van der Waals surface area contributed by atoms with Crippen molar-refractivity contribution in [3.63, 3.8) is 0 Å². The maximum atomic E-state index is 8.88. The van der Waals surface area contributed by atoms with E-state index in [2.05, 4.69) is 15.1 Å². The number of piperazine rings is 1. The average molecular weight is 287 g/mol. The van der Waals surface area contributed by atoms with E-state index in [4.69, 9.17) is 5.11 Å². The molecule has 2 N–H and O–H groups in total. The van der Waals surface area contributed by atoms with E-state index in [1.165, 1.54) is 45.6 Å². The molecule has 2 aliphatic heterocycles. The van der Waals surface area contributed by atoms with Crippen LogP contribution in [0.15, 0.2) is 0 Å². The summed E-state index contributed by atoms with van der Waals surface area (Å²) < 4.78 is 0. The zero-order valence-corrected chi connectivity index (χ0v) is 14.2. The number of aliphatic hydroxyl groups is 1. The number of hydrogen-bond donors (Lipinski definition) is 2. The second-order valence-corrected chi connectivity index (χ2v) is 5.06. The van der Waals surface area contributed by atoms with Crippen LogP contribution in [0.4, 0.5) is 0 Å². The first kappa shape index (κ1) is 19.8. The average Bonchev–Trinajstić information content (AvgIpc) is 2.54. The van der Waals surface area contributed by atoms with Crippen LogP contribution in [0.3, 0.4) is 0 Å². The molecule has 2 heterocycles. The molecule has 0 atom stereocenters. The fourth-order valence-electron chi connectivity index (χ4n) is 2.77. The van der Waals surface area contributed by atoms with Gasteiger partial charge in [-0.2, -0.15) is 0 Å². The van der Waals surface area contributed by atoms with Crippen LogP contribution in [0.25, 0.3) is 0 Å². The first-order valence-electron chi connectivity index (χ1n) is 8.65. The highest BCUT2D eigenvalue weighted by Crippen LogP contribution is 2.14. The largest absolute Gasteiger partial charge is 0.395 e. The maximum Gasteiger partial charge on any atom is 0.0558 e. The molecule has 0 amide bonds. The molecule has 122 valence electrons. The Bertz CT molecular complexity index is 188. The standard InChI is InChI=1S/C12H25N3O.2C2H6/c16-10-9-14-5-7-15(8-6-14)11-12-1-3-13-4-2-12;2*1-2/h12-13,16H,1-11H2;2*1-2H3. The molecule has 2 saturated heterocycles. The van der Waals surface area contributed by atoms with E-state index in [1.807, 2.05) is 27.7 Å². The molecule has 4 nitrogen and oxygen atoms in total. The molecular weight excluding hydrogens is 250 g/mol. The van der Waals surface area contributed by atoms with E-state index < -0.39 is 0 Å². The zero-order valence-electron chi connectivity index (χ0n) is 14.2. The third-order valence-electron chi connectivity index (χ3n) is 3.86. The highest BCUT2D eigenvalue weighted by atomic mass is 16.3. The minimum absolute atomic E-state index is 0.300. The molecule has 0 aromatic rings. The van der Waals surface area contributed by atoms with Gasteiger partial charge in [-0.05, 0) is 31.8 Å². The Kier molecular flexibility index (Phi) is 13.7. The summed E-state index contributed by atoms with van der Waals surface area (Å²) in [6.45, 7) is 17.5. The number of hydrogen-bond acceptors (Lipinski definition) is 4. The summed E-state index contributed by atoms with van der Waals surface area (Å²) in [5.74, 6) is 0.908. The highest BCUT2D eigenvalue weighted by Gasteiger charge is 2.20.